The van der Waals surface area contributed by atoms with Crippen LogP contribution in [0.1, 0.15) is 42.9 Å². The molecule has 0 spiro atoms. The molecule has 1 rings (SSSR count). The summed E-state index contributed by atoms with van der Waals surface area (Å²) in [6, 6.07) is 1.51. The first-order chi connectivity index (χ1) is 11.9. The van der Waals surface area contributed by atoms with Crippen LogP contribution < -0.4 is 5.73 Å². The Morgan fingerprint density at radius 3 is 1.92 bits per heavy atom. The van der Waals surface area contributed by atoms with E-state index in [4.69, 9.17) is 10.8 Å². The fourth-order valence-corrected chi connectivity index (χ4v) is 2.72. The highest BCUT2D eigenvalue weighted by Crippen LogP contribution is 2.36. The lowest BCUT2D eigenvalue weighted by molar-refractivity contribution is -0.144. The molecular weight excluding hydrogens is 364 g/mol. The molecule has 0 aliphatic carbocycles. The van der Waals surface area contributed by atoms with E-state index >= 15 is 0 Å². The summed E-state index contributed by atoms with van der Waals surface area (Å²) in [6.45, 7) is 1.71. The first-order valence-electron chi connectivity index (χ1n) is 8.09. The van der Waals surface area contributed by atoms with Gasteiger partial charge in [-0.25, -0.2) is 0 Å². The third-order valence-electron chi connectivity index (χ3n) is 4.32. The van der Waals surface area contributed by atoms with Crippen LogP contribution in [0.3, 0.4) is 0 Å². The Bertz CT molecular complexity index is 580. The number of carbonyl (C=O) groups is 1. The maximum absolute atomic E-state index is 12.9. The van der Waals surface area contributed by atoms with Crippen LogP contribution in [-0.2, 0) is 23.6 Å². The molecule has 0 fully saturated rings. The summed E-state index contributed by atoms with van der Waals surface area (Å²) < 4.78 is 77.2. The van der Waals surface area contributed by atoms with Crippen LogP contribution in [0.4, 0.5) is 26.3 Å². The molecule has 3 N–H and O–H groups in total. The van der Waals surface area contributed by atoms with Gasteiger partial charge in [0.15, 0.2) is 0 Å². The molecule has 0 heterocycles. The van der Waals surface area contributed by atoms with E-state index in [1.165, 1.54) is 0 Å². The SMILES string of the molecule is CCC(CCc1cc(C(F)(F)F)cc(C(F)(F)F)c1)CC(CN)C(=O)O. The maximum atomic E-state index is 12.9. The zero-order chi connectivity index (χ0) is 20.1. The van der Waals surface area contributed by atoms with E-state index < -0.39 is 35.4 Å². The van der Waals surface area contributed by atoms with Crippen LogP contribution in [0.5, 0.6) is 0 Å². The molecule has 1 aromatic carbocycles. The van der Waals surface area contributed by atoms with Gasteiger partial charge in [-0.05, 0) is 48.9 Å². The smallest absolute Gasteiger partial charge is 0.416 e. The minimum Gasteiger partial charge on any atom is -0.481 e. The number of carboxylic acids is 1. The Hall–Kier alpha value is -1.77. The van der Waals surface area contributed by atoms with E-state index in [0.29, 0.717) is 18.6 Å². The number of hydrogen-bond acceptors (Lipinski definition) is 2. The molecule has 0 saturated carbocycles. The minimum absolute atomic E-state index is 0.0115. The lowest BCUT2D eigenvalue weighted by Gasteiger charge is -2.19. The van der Waals surface area contributed by atoms with Gasteiger partial charge in [-0.1, -0.05) is 13.3 Å². The van der Waals surface area contributed by atoms with Crippen molar-refractivity contribution in [2.45, 2.75) is 45.0 Å². The monoisotopic (exact) mass is 385 g/mol. The molecule has 1 aromatic rings. The first-order valence-corrected chi connectivity index (χ1v) is 8.09. The third kappa shape index (κ3) is 6.51. The topological polar surface area (TPSA) is 63.3 Å². The van der Waals surface area contributed by atoms with Gasteiger partial charge in [-0.3, -0.25) is 4.79 Å². The number of aryl methyl sites for hydroxylation is 1. The van der Waals surface area contributed by atoms with Gasteiger partial charge in [0.2, 0.25) is 0 Å². The number of alkyl halides is 6. The maximum Gasteiger partial charge on any atom is 0.416 e. The van der Waals surface area contributed by atoms with Crippen LogP contribution >= 0.6 is 0 Å². The van der Waals surface area contributed by atoms with E-state index in [2.05, 4.69) is 0 Å². The molecule has 148 valence electrons. The quantitative estimate of drug-likeness (QED) is 0.636. The molecule has 0 aliphatic rings. The van der Waals surface area contributed by atoms with E-state index in [1.807, 2.05) is 0 Å². The van der Waals surface area contributed by atoms with Gasteiger partial charge in [0.05, 0.1) is 17.0 Å². The molecule has 9 heteroatoms. The van der Waals surface area contributed by atoms with Gasteiger partial charge in [-0.2, -0.15) is 26.3 Å². The van der Waals surface area contributed by atoms with Crippen LogP contribution in [0, 0.1) is 11.8 Å². The molecule has 0 aliphatic heterocycles. The summed E-state index contributed by atoms with van der Waals surface area (Å²) in [5.74, 6) is -2.01. The lowest BCUT2D eigenvalue weighted by Crippen LogP contribution is -2.26. The van der Waals surface area contributed by atoms with Gasteiger partial charge < -0.3 is 10.8 Å². The molecular formula is C17H21F6NO2. The summed E-state index contributed by atoms with van der Waals surface area (Å²) in [4.78, 5) is 11.0. The second-order valence-electron chi connectivity index (χ2n) is 6.23. The zero-order valence-electron chi connectivity index (χ0n) is 14.1. The normalized spacial score (nSPS) is 14.9. The van der Waals surface area contributed by atoms with E-state index in [0.717, 1.165) is 0 Å². The average Bonchev–Trinajstić information content (AvgIpc) is 2.53. The summed E-state index contributed by atoms with van der Waals surface area (Å²) in [6.07, 6.45) is -8.72. The van der Waals surface area contributed by atoms with E-state index in [9.17, 15) is 31.1 Å². The second-order valence-corrected chi connectivity index (χ2v) is 6.23. The standard InChI is InChI=1S/C17H21F6NO2/c1-2-10(5-12(9-24)15(25)26)3-4-11-6-13(16(18,19)20)8-14(7-11)17(21,22)23/h6-8,10,12H,2-5,9,24H2,1H3,(H,25,26). The van der Waals surface area contributed by atoms with Crippen molar-refractivity contribution in [2.24, 2.45) is 17.6 Å². The van der Waals surface area contributed by atoms with Crippen LogP contribution in [-0.4, -0.2) is 17.6 Å². The van der Waals surface area contributed by atoms with Crippen molar-refractivity contribution in [2.75, 3.05) is 6.54 Å². The van der Waals surface area contributed by atoms with Crippen molar-refractivity contribution in [3.05, 3.63) is 34.9 Å². The molecule has 3 nitrogen and oxygen atoms in total. The molecule has 0 aromatic heterocycles. The summed E-state index contributed by atoms with van der Waals surface area (Å²) in [5.41, 5.74) is 2.62. The number of aliphatic carboxylic acids is 1. The highest BCUT2D eigenvalue weighted by atomic mass is 19.4. The van der Waals surface area contributed by atoms with Crippen LogP contribution in [0.25, 0.3) is 0 Å². The number of nitrogens with two attached hydrogens (primary N) is 1. The van der Waals surface area contributed by atoms with Crippen molar-refractivity contribution in [3.63, 3.8) is 0 Å². The highest BCUT2D eigenvalue weighted by molar-refractivity contribution is 5.70. The number of benzene rings is 1. The third-order valence-corrected chi connectivity index (χ3v) is 4.32. The average molecular weight is 385 g/mol. The molecule has 2 unspecified atom stereocenters. The minimum atomic E-state index is -4.88. The Kier molecular flexibility index (Phi) is 7.49. The predicted octanol–water partition coefficient (Wildman–Crippen LogP) is 4.73. The Morgan fingerprint density at radius 1 is 1.08 bits per heavy atom. The number of halogens is 6. The molecule has 26 heavy (non-hydrogen) atoms. The number of rotatable bonds is 8. The zero-order valence-corrected chi connectivity index (χ0v) is 14.1. The lowest BCUT2D eigenvalue weighted by atomic mass is 9.87. The molecule has 0 bridgehead atoms. The van der Waals surface area contributed by atoms with Crippen molar-refractivity contribution in [1.29, 1.82) is 0 Å². The predicted molar refractivity (Wildman–Crippen MR) is 83.3 cm³/mol. The Morgan fingerprint density at radius 2 is 1.58 bits per heavy atom. The fraction of sp³-hybridized carbons (Fsp3) is 0.588. The van der Waals surface area contributed by atoms with Gasteiger partial charge in [0.25, 0.3) is 0 Å². The Labute approximate surface area is 147 Å². The van der Waals surface area contributed by atoms with Crippen molar-refractivity contribution in [3.8, 4) is 0 Å². The highest BCUT2D eigenvalue weighted by Gasteiger charge is 2.36. The summed E-state index contributed by atoms with van der Waals surface area (Å²) in [7, 11) is 0. The van der Waals surface area contributed by atoms with Crippen molar-refractivity contribution >= 4 is 5.97 Å². The molecule has 0 radical (unpaired) electrons. The summed E-state index contributed by atoms with van der Waals surface area (Å²) >= 11 is 0. The van der Waals surface area contributed by atoms with Gasteiger partial charge in [-0.15, -0.1) is 0 Å². The van der Waals surface area contributed by atoms with Crippen molar-refractivity contribution in [1.82, 2.24) is 0 Å². The van der Waals surface area contributed by atoms with Crippen molar-refractivity contribution < 1.29 is 36.2 Å². The van der Waals surface area contributed by atoms with E-state index in [1.54, 1.807) is 6.92 Å². The van der Waals surface area contributed by atoms with Crippen LogP contribution in [0.15, 0.2) is 18.2 Å². The number of carboxylic acid groups (broad SMARTS) is 1. The fourth-order valence-electron chi connectivity index (χ4n) is 2.72. The molecule has 0 amide bonds. The van der Waals surface area contributed by atoms with Gasteiger partial charge in [0, 0.05) is 6.54 Å². The molecule has 0 saturated heterocycles. The number of hydrogen-bond donors (Lipinski definition) is 2. The second kappa shape index (κ2) is 8.75. The largest absolute Gasteiger partial charge is 0.481 e. The first kappa shape index (κ1) is 22.3. The van der Waals surface area contributed by atoms with Crippen LogP contribution in [0.2, 0.25) is 0 Å². The van der Waals surface area contributed by atoms with Gasteiger partial charge >= 0.3 is 18.3 Å². The van der Waals surface area contributed by atoms with E-state index in [-0.39, 0.29) is 43.4 Å². The van der Waals surface area contributed by atoms with Gasteiger partial charge in [0.1, 0.15) is 0 Å². The summed E-state index contributed by atoms with van der Waals surface area (Å²) in [5, 5.41) is 9.02. The molecule has 2 atom stereocenters. The Balaban J connectivity index is 2.99.